The number of nitrogens with one attached hydrogen (secondary N) is 1. The molecule has 0 unspecified atom stereocenters. The lowest BCUT2D eigenvalue weighted by Crippen LogP contribution is -2.21. The van der Waals surface area contributed by atoms with E-state index in [0.29, 0.717) is 9.79 Å². The van der Waals surface area contributed by atoms with Gasteiger partial charge in [0, 0.05) is 18.1 Å². The molecule has 130 valence electrons. The van der Waals surface area contributed by atoms with Gasteiger partial charge in [0.25, 0.3) is 0 Å². The smallest absolute Gasteiger partial charge is 0.208 e. The van der Waals surface area contributed by atoms with E-state index < -0.39 is 9.84 Å². The Kier molecular flexibility index (Phi) is 4.36. The van der Waals surface area contributed by atoms with Gasteiger partial charge in [-0.2, -0.15) is 0 Å². The van der Waals surface area contributed by atoms with Crippen LogP contribution < -0.4 is 0 Å². The van der Waals surface area contributed by atoms with E-state index >= 15 is 0 Å². The molecule has 1 saturated heterocycles. The van der Waals surface area contributed by atoms with Crippen LogP contribution in [0.25, 0.3) is 10.9 Å². The number of hydrogen-bond acceptors (Lipinski definition) is 3. The maximum Gasteiger partial charge on any atom is 0.208 e. The predicted octanol–water partition coefficient (Wildman–Crippen LogP) is 3.64. The maximum absolute atomic E-state index is 13.0. The Morgan fingerprint density at radius 3 is 2.48 bits per heavy atom. The molecule has 1 N–H and O–H groups in total. The number of hydrogen-bond donors (Lipinski definition) is 1. The van der Waals surface area contributed by atoms with E-state index in [1.54, 1.807) is 30.5 Å². The van der Waals surface area contributed by atoms with Crippen LogP contribution in [0.2, 0.25) is 0 Å². The summed E-state index contributed by atoms with van der Waals surface area (Å²) in [5, 5.41) is 0.780. The summed E-state index contributed by atoms with van der Waals surface area (Å²) in [5.41, 5.74) is 2.12. The van der Waals surface area contributed by atoms with Gasteiger partial charge in [-0.15, -0.1) is 0 Å². The number of aromatic amines is 1. The van der Waals surface area contributed by atoms with Crippen LogP contribution in [0, 0.1) is 0 Å². The van der Waals surface area contributed by atoms with E-state index in [1.807, 2.05) is 18.2 Å². The largest absolute Gasteiger partial charge is 0.360 e. The van der Waals surface area contributed by atoms with Gasteiger partial charge in [0.2, 0.25) is 9.84 Å². The van der Waals surface area contributed by atoms with Crippen molar-refractivity contribution in [3.05, 3.63) is 60.3 Å². The van der Waals surface area contributed by atoms with Crippen molar-refractivity contribution in [3.8, 4) is 0 Å². The molecular weight excluding hydrogens is 332 g/mol. The number of sulfone groups is 1. The van der Waals surface area contributed by atoms with Gasteiger partial charge >= 0.3 is 0 Å². The van der Waals surface area contributed by atoms with Crippen LogP contribution in [0.3, 0.4) is 0 Å². The van der Waals surface area contributed by atoms with Gasteiger partial charge in [0.05, 0.1) is 15.3 Å². The molecule has 0 amide bonds. The molecule has 0 spiro atoms. The van der Waals surface area contributed by atoms with Crippen molar-refractivity contribution >= 4 is 20.7 Å². The molecule has 2 heterocycles. The van der Waals surface area contributed by atoms with Crippen molar-refractivity contribution in [2.24, 2.45) is 0 Å². The molecule has 0 saturated carbocycles. The minimum Gasteiger partial charge on any atom is -0.360 e. The summed E-state index contributed by atoms with van der Waals surface area (Å²) in [4.78, 5) is 6.38. The Bertz CT molecular complexity index is 971. The number of H-pyrrole nitrogens is 1. The summed E-state index contributed by atoms with van der Waals surface area (Å²) < 4.78 is 25.9. The minimum atomic E-state index is -3.51. The SMILES string of the molecule is O=S(=O)(c1ccccc1)c1c[nH]c2c(CCN3CCCC3)cccc12. The Morgan fingerprint density at radius 1 is 0.960 bits per heavy atom. The number of aromatic nitrogens is 1. The molecule has 1 aliphatic rings. The van der Waals surface area contributed by atoms with Crippen LogP contribution >= 0.6 is 0 Å². The van der Waals surface area contributed by atoms with Crippen molar-refractivity contribution in [1.29, 1.82) is 0 Å². The Morgan fingerprint density at radius 2 is 1.72 bits per heavy atom. The summed E-state index contributed by atoms with van der Waals surface area (Å²) >= 11 is 0. The van der Waals surface area contributed by atoms with Crippen LogP contribution in [-0.2, 0) is 16.3 Å². The predicted molar refractivity (Wildman–Crippen MR) is 99.6 cm³/mol. The second-order valence-corrected chi connectivity index (χ2v) is 8.53. The minimum absolute atomic E-state index is 0.332. The first-order valence-electron chi connectivity index (χ1n) is 8.78. The third-order valence-electron chi connectivity index (χ3n) is 5.00. The Balaban J connectivity index is 1.69. The summed E-state index contributed by atoms with van der Waals surface area (Å²) in [5.74, 6) is 0. The molecule has 4 nitrogen and oxygen atoms in total. The van der Waals surface area contributed by atoms with E-state index in [9.17, 15) is 8.42 Å². The van der Waals surface area contributed by atoms with E-state index in [1.165, 1.54) is 31.5 Å². The van der Waals surface area contributed by atoms with Gasteiger partial charge in [-0.25, -0.2) is 8.42 Å². The molecule has 0 radical (unpaired) electrons. The van der Waals surface area contributed by atoms with Crippen molar-refractivity contribution in [3.63, 3.8) is 0 Å². The fourth-order valence-electron chi connectivity index (χ4n) is 3.63. The quantitative estimate of drug-likeness (QED) is 0.761. The number of para-hydroxylation sites is 1. The van der Waals surface area contributed by atoms with Gasteiger partial charge in [-0.1, -0.05) is 36.4 Å². The molecule has 0 bridgehead atoms. The fraction of sp³-hybridized carbons (Fsp3) is 0.300. The molecule has 0 aliphatic carbocycles. The molecule has 25 heavy (non-hydrogen) atoms. The van der Waals surface area contributed by atoms with Gasteiger partial charge in [0.1, 0.15) is 0 Å². The summed E-state index contributed by atoms with van der Waals surface area (Å²) in [6.07, 6.45) is 5.13. The van der Waals surface area contributed by atoms with Crippen molar-refractivity contribution in [2.45, 2.75) is 29.1 Å². The molecule has 3 aromatic rings. The average molecular weight is 354 g/mol. The van der Waals surface area contributed by atoms with E-state index in [0.717, 1.165) is 23.9 Å². The van der Waals surface area contributed by atoms with E-state index in [4.69, 9.17) is 0 Å². The van der Waals surface area contributed by atoms with E-state index in [-0.39, 0.29) is 0 Å². The zero-order valence-corrected chi connectivity index (χ0v) is 14.9. The average Bonchev–Trinajstić information content (AvgIpc) is 3.30. The van der Waals surface area contributed by atoms with Crippen molar-refractivity contribution < 1.29 is 8.42 Å². The van der Waals surface area contributed by atoms with Crippen molar-refractivity contribution in [1.82, 2.24) is 9.88 Å². The fourth-order valence-corrected chi connectivity index (χ4v) is 5.08. The number of rotatable bonds is 5. The number of fused-ring (bicyclic) bond motifs is 1. The number of likely N-dealkylation sites (tertiary alicyclic amines) is 1. The van der Waals surface area contributed by atoms with Crippen LogP contribution in [-0.4, -0.2) is 37.9 Å². The monoisotopic (exact) mass is 354 g/mol. The van der Waals surface area contributed by atoms with Crippen LogP contribution in [0.15, 0.2) is 64.5 Å². The highest BCUT2D eigenvalue weighted by molar-refractivity contribution is 7.91. The van der Waals surface area contributed by atoms with Crippen LogP contribution in [0.4, 0.5) is 0 Å². The Hall–Kier alpha value is -2.11. The zero-order chi connectivity index (χ0) is 17.3. The normalized spacial score (nSPS) is 15.8. The maximum atomic E-state index is 13.0. The lowest BCUT2D eigenvalue weighted by Gasteiger charge is -2.14. The van der Waals surface area contributed by atoms with Crippen molar-refractivity contribution in [2.75, 3.05) is 19.6 Å². The number of benzene rings is 2. The summed E-state index contributed by atoms with van der Waals surface area (Å²) in [6, 6.07) is 14.6. The second-order valence-electron chi connectivity index (χ2n) is 6.61. The highest BCUT2D eigenvalue weighted by atomic mass is 32.2. The Labute approximate surface area is 148 Å². The number of nitrogens with zero attached hydrogens (tertiary/aromatic N) is 1. The van der Waals surface area contributed by atoms with E-state index in [2.05, 4.69) is 16.0 Å². The first-order chi connectivity index (χ1) is 12.2. The molecule has 5 heteroatoms. The summed E-state index contributed by atoms with van der Waals surface area (Å²) in [6.45, 7) is 3.38. The second kappa shape index (κ2) is 6.65. The molecule has 0 atom stereocenters. The van der Waals surface area contributed by atoms with Crippen LogP contribution in [0.5, 0.6) is 0 Å². The third kappa shape index (κ3) is 3.10. The summed E-state index contributed by atoms with van der Waals surface area (Å²) in [7, 11) is -3.51. The van der Waals surface area contributed by atoms with Gasteiger partial charge in [-0.3, -0.25) is 0 Å². The first-order valence-corrected chi connectivity index (χ1v) is 10.3. The molecule has 4 rings (SSSR count). The third-order valence-corrected chi connectivity index (χ3v) is 6.81. The molecular formula is C20H22N2O2S. The molecule has 2 aromatic carbocycles. The van der Waals surface area contributed by atoms with Crippen LogP contribution in [0.1, 0.15) is 18.4 Å². The lowest BCUT2D eigenvalue weighted by molar-refractivity contribution is 0.344. The van der Waals surface area contributed by atoms with Gasteiger partial charge in [-0.05, 0) is 50.0 Å². The lowest BCUT2D eigenvalue weighted by atomic mass is 10.1. The molecule has 1 fully saturated rings. The zero-order valence-electron chi connectivity index (χ0n) is 14.1. The highest BCUT2D eigenvalue weighted by Crippen LogP contribution is 2.30. The first kappa shape index (κ1) is 16.4. The molecule has 1 aromatic heterocycles. The van der Waals surface area contributed by atoms with Gasteiger partial charge < -0.3 is 9.88 Å². The topological polar surface area (TPSA) is 53.2 Å². The highest BCUT2D eigenvalue weighted by Gasteiger charge is 2.22. The van der Waals surface area contributed by atoms with Gasteiger partial charge in [0.15, 0.2) is 0 Å². The standard InChI is InChI=1S/C20H22N2O2S/c23-25(24,17-8-2-1-3-9-17)19-15-21-20-16(7-6-10-18(19)20)11-14-22-12-4-5-13-22/h1-3,6-10,15,21H,4-5,11-14H2. The molecule has 1 aliphatic heterocycles.